The van der Waals surface area contributed by atoms with Crippen molar-refractivity contribution in [1.29, 1.82) is 0 Å². The summed E-state index contributed by atoms with van der Waals surface area (Å²) < 4.78 is 4.38. The summed E-state index contributed by atoms with van der Waals surface area (Å²) in [6.45, 7) is 5.68. The molecule has 106 valence electrons. The molecule has 0 amide bonds. The van der Waals surface area contributed by atoms with Gasteiger partial charge in [0.15, 0.2) is 0 Å². The third-order valence-electron chi connectivity index (χ3n) is 4.03. The number of pyridine rings is 1. The van der Waals surface area contributed by atoms with Gasteiger partial charge in [0.25, 0.3) is 0 Å². The first-order valence-corrected chi connectivity index (χ1v) is 7.86. The van der Waals surface area contributed by atoms with Crippen molar-refractivity contribution < 1.29 is 0 Å². The van der Waals surface area contributed by atoms with Crippen LogP contribution in [0.4, 0.5) is 10.8 Å². The SMILES string of the molecule is CC1CCC(C)N(c2snc(N)c2-c2cccnc2)C1. The van der Waals surface area contributed by atoms with Crippen molar-refractivity contribution in [1.82, 2.24) is 9.36 Å². The summed E-state index contributed by atoms with van der Waals surface area (Å²) in [6, 6.07) is 4.54. The lowest BCUT2D eigenvalue weighted by Gasteiger charge is -2.38. The Balaban J connectivity index is 2.02. The molecule has 2 aromatic rings. The van der Waals surface area contributed by atoms with Gasteiger partial charge in [-0.2, -0.15) is 4.37 Å². The van der Waals surface area contributed by atoms with Crippen LogP contribution in [0.5, 0.6) is 0 Å². The van der Waals surface area contributed by atoms with Crippen molar-refractivity contribution in [3.8, 4) is 11.1 Å². The molecule has 2 N–H and O–H groups in total. The zero-order chi connectivity index (χ0) is 14.1. The smallest absolute Gasteiger partial charge is 0.147 e. The highest BCUT2D eigenvalue weighted by atomic mass is 32.1. The number of nitrogen functional groups attached to an aromatic ring is 1. The summed E-state index contributed by atoms with van der Waals surface area (Å²) in [5.74, 6) is 1.33. The van der Waals surface area contributed by atoms with Crippen LogP contribution in [0.25, 0.3) is 11.1 Å². The fourth-order valence-electron chi connectivity index (χ4n) is 2.84. The van der Waals surface area contributed by atoms with E-state index in [2.05, 4.69) is 34.2 Å². The number of hydrogen-bond donors (Lipinski definition) is 1. The van der Waals surface area contributed by atoms with Gasteiger partial charge in [0.05, 0.1) is 5.56 Å². The van der Waals surface area contributed by atoms with Crippen molar-refractivity contribution in [2.24, 2.45) is 5.92 Å². The minimum Gasteiger partial charge on any atom is -0.382 e. The highest BCUT2D eigenvalue weighted by Gasteiger charge is 2.28. The van der Waals surface area contributed by atoms with E-state index in [9.17, 15) is 0 Å². The van der Waals surface area contributed by atoms with E-state index < -0.39 is 0 Å². The van der Waals surface area contributed by atoms with Crippen molar-refractivity contribution in [2.45, 2.75) is 32.7 Å². The predicted octanol–water partition coefficient (Wildman–Crippen LogP) is 3.41. The lowest BCUT2D eigenvalue weighted by atomic mass is 9.95. The fraction of sp³-hybridized carbons (Fsp3) is 0.467. The van der Waals surface area contributed by atoms with Gasteiger partial charge in [0, 0.05) is 30.5 Å². The molecule has 1 saturated heterocycles. The second kappa shape index (κ2) is 5.40. The number of aromatic nitrogens is 2. The van der Waals surface area contributed by atoms with Gasteiger partial charge < -0.3 is 10.6 Å². The first-order valence-electron chi connectivity index (χ1n) is 7.09. The molecular weight excluding hydrogens is 268 g/mol. The molecule has 2 atom stereocenters. The molecule has 0 saturated carbocycles. The molecule has 1 aliphatic heterocycles. The van der Waals surface area contributed by atoms with Crippen LogP contribution in [0.2, 0.25) is 0 Å². The van der Waals surface area contributed by atoms with Gasteiger partial charge >= 0.3 is 0 Å². The van der Waals surface area contributed by atoms with Gasteiger partial charge in [-0.05, 0) is 43.3 Å². The van der Waals surface area contributed by atoms with Crippen LogP contribution in [-0.2, 0) is 0 Å². The highest BCUT2D eigenvalue weighted by Crippen LogP contribution is 2.41. The molecule has 1 fully saturated rings. The van der Waals surface area contributed by atoms with E-state index in [0.717, 1.165) is 23.6 Å². The third kappa shape index (κ3) is 2.38. The Bertz CT molecular complexity index is 581. The van der Waals surface area contributed by atoms with Crippen molar-refractivity contribution in [2.75, 3.05) is 17.2 Å². The average Bonchev–Trinajstić information content (AvgIpc) is 2.84. The van der Waals surface area contributed by atoms with E-state index in [4.69, 9.17) is 5.73 Å². The molecule has 2 unspecified atom stereocenters. The molecule has 1 aliphatic rings. The Labute approximate surface area is 123 Å². The van der Waals surface area contributed by atoms with Crippen LogP contribution in [0.1, 0.15) is 26.7 Å². The van der Waals surface area contributed by atoms with E-state index >= 15 is 0 Å². The number of hydrogen-bond acceptors (Lipinski definition) is 5. The summed E-state index contributed by atoms with van der Waals surface area (Å²) in [5.41, 5.74) is 8.21. The van der Waals surface area contributed by atoms with E-state index in [0.29, 0.717) is 11.9 Å². The molecule has 4 nitrogen and oxygen atoms in total. The normalized spacial score (nSPS) is 23.0. The highest BCUT2D eigenvalue weighted by molar-refractivity contribution is 7.11. The summed E-state index contributed by atoms with van der Waals surface area (Å²) in [7, 11) is 0. The monoisotopic (exact) mass is 288 g/mol. The van der Waals surface area contributed by atoms with Gasteiger partial charge in [-0.1, -0.05) is 13.0 Å². The Morgan fingerprint density at radius 1 is 1.35 bits per heavy atom. The van der Waals surface area contributed by atoms with Crippen molar-refractivity contribution in [3.63, 3.8) is 0 Å². The molecule has 5 heteroatoms. The molecule has 20 heavy (non-hydrogen) atoms. The number of piperidine rings is 1. The van der Waals surface area contributed by atoms with E-state index in [1.807, 2.05) is 12.3 Å². The average molecular weight is 288 g/mol. The summed E-state index contributed by atoms with van der Waals surface area (Å²) in [4.78, 5) is 6.67. The molecule has 2 aromatic heterocycles. The predicted molar refractivity (Wildman–Crippen MR) is 85.0 cm³/mol. The second-order valence-corrected chi connectivity index (χ2v) is 6.43. The lowest BCUT2D eigenvalue weighted by Crippen LogP contribution is -2.40. The first-order chi connectivity index (χ1) is 9.66. The number of nitrogens with two attached hydrogens (primary N) is 1. The molecular formula is C15H20N4S. The third-order valence-corrected chi connectivity index (χ3v) is 4.93. The van der Waals surface area contributed by atoms with Crippen LogP contribution in [0.15, 0.2) is 24.5 Å². The minimum atomic E-state index is 0.543. The van der Waals surface area contributed by atoms with Gasteiger partial charge in [0.1, 0.15) is 10.8 Å². The summed E-state index contributed by atoms with van der Waals surface area (Å²) >= 11 is 1.51. The standard InChI is InChI=1S/C15H20N4S/c1-10-5-6-11(2)19(9-10)15-13(14(16)18-20-15)12-4-3-7-17-8-12/h3-4,7-8,10-11H,5-6,9H2,1-2H3,(H2,16,18). The molecule has 0 spiro atoms. The fourth-order valence-corrected chi connectivity index (χ4v) is 3.79. The van der Waals surface area contributed by atoms with Crippen LogP contribution in [0.3, 0.4) is 0 Å². The van der Waals surface area contributed by atoms with Crippen LogP contribution < -0.4 is 10.6 Å². The minimum absolute atomic E-state index is 0.543. The van der Waals surface area contributed by atoms with Crippen LogP contribution in [0, 0.1) is 5.92 Å². The lowest BCUT2D eigenvalue weighted by molar-refractivity contribution is 0.392. The molecule has 0 aliphatic carbocycles. The van der Waals surface area contributed by atoms with Gasteiger partial charge in [-0.25, -0.2) is 0 Å². The van der Waals surface area contributed by atoms with E-state index in [-0.39, 0.29) is 0 Å². The molecule has 0 aromatic carbocycles. The summed E-state index contributed by atoms with van der Waals surface area (Å²) in [5, 5.41) is 1.19. The quantitative estimate of drug-likeness (QED) is 0.920. The topological polar surface area (TPSA) is 55.0 Å². The molecule has 3 heterocycles. The van der Waals surface area contributed by atoms with E-state index in [1.165, 1.54) is 29.4 Å². The zero-order valence-corrected chi connectivity index (χ0v) is 12.7. The molecule has 3 rings (SSSR count). The van der Waals surface area contributed by atoms with Crippen LogP contribution >= 0.6 is 11.5 Å². The second-order valence-electron chi connectivity index (χ2n) is 5.67. The Kier molecular flexibility index (Phi) is 3.61. The maximum atomic E-state index is 6.11. The maximum absolute atomic E-state index is 6.11. The number of rotatable bonds is 2. The van der Waals surface area contributed by atoms with Crippen molar-refractivity contribution in [3.05, 3.63) is 24.5 Å². The maximum Gasteiger partial charge on any atom is 0.147 e. The van der Waals surface area contributed by atoms with Crippen molar-refractivity contribution >= 4 is 22.4 Å². The molecule has 0 radical (unpaired) electrons. The van der Waals surface area contributed by atoms with Gasteiger partial charge in [-0.3, -0.25) is 4.98 Å². The zero-order valence-electron chi connectivity index (χ0n) is 11.9. The Morgan fingerprint density at radius 3 is 2.95 bits per heavy atom. The Morgan fingerprint density at radius 2 is 2.20 bits per heavy atom. The first kappa shape index (κ1) is 13.4. The largest absolute Gasteiger partial charge is 0.382 e. The van der Waals surface area contributed by atoms with Gasteiger partial charge in [0.2, 0.25) is 0 Å². The van der Waals surface area contributed by atoms with E-state index in [1.54, 1.807) is 6.20 Å². The number of nitrogens with zero attached hydrogens (tertiary/aromatic N) is 3. The molecule has 0 bridgehead atoms. The van der Waals surface area contributed by atoms with Gasteiger partial charge in [-0.15, -0.1) is 0 Å². The summed E-state index contributed by atoms with van der Waals surface area (Å²) in [6.07, 6.45) is 6.17. The van der Waals surface area contributed by atoms with Crippen LogP contribution in [-0.4, -0.2) is 21.9 Å². The Hall–Kier alpha value is -1.62. The number of anilines is 2.